The van der Waals surface area contributed by atoms with Crippen LogP contribution in [0, 0.1) is 0 Å². The third-order valence-corrected chi connectivity index (χ3v) is 3.91. The topological polar surface area (TPSA) is 58.4 Å². The quantitative estimate of drug-likeness (QED) is 0.741. The highest BCUT2D eigenvalue weighted by atomic mass is 35.5. The van der Waals surface area contributed by atoms with E-state index in [9.17, 15) is 4.79 Å². The van der Waals surface area contributed by atoms with Gasteiger partial charge >= 0.3 is 0 Å². The van der Waals surface area contributed by atoms with Crippen molar-refractivity contribution in [2.75, 3.05) is 24.1 Å². The lowest BCUT2D eigenvalue weighted by Crippen LogP contribution is -2.32. The number of carbonyl (C=O) groups excluding carboxylic acids is 1. The van der Waals surface area contributed by atoms with Crippen LogP contribution in [-0.4, -0.2) is 29.9 Å². The van der Waals surface area contributed by atoms with E-state index in [0.717, 1.165) is 19.5 Å². The number of nitrogens with two attached hydrogens (primary N) is 1. The molecular weight excluding hydrogens is 309 g/mol. The molecule has 1 aromatic rings. The molecule has 1 amide bonds. The van der Waals surface area contributed by atoms with Gasteiger partial charge in [-0.2, -0.15) is 0 Å². The van der Waals surface area contributed by atoms with Gasteiger partial charge in [0.15, 0.2) is 0 Å². The summed E-state index contributed by atoms with van der Waals surface area (Å²) < 4.78 is 0. The van der Waals surface area contributed by atoms with Gasteiger partial charge in [0.25, 0.3) is 0 Å². The second-order valence-corrected chi connectivity index (χ2v) is 6.05. The van der Waals surface area contributed by atoms with Gasteiger partial charge in [-0.1, -0.05) is 30.1 Å². The largest absolute Gasteiger partial charge is 0.399 e. The molecule has 0 aliphatic carbocycles. The van der Waals surface area contributed by atoms with Crippen LogP contribution in [0.1, 0.15) is 33.6 Å². The van der Waals surface area contributed by atoms with Crippen LogP contribution in [0.15, 0.2) is 12.1 Å². The van der Waals surface area contributed by atoms with Gasteiger partial charge in [0, 0.05) is 18.2 Å². The number of anilines is 2. The molecule has 0 fully saturated rings. The lowest BCUT2D eigenvalue weighted by Gasteiger charge is -2.24. The Hall–Kier alpha value is -0.970. The molecule has 1 aromatic carbocycles. The average molecular weight is 332 g/mol. The summed E-state index contributed by atoms with van der Waals surface area (Å²) in [4.78, 5) is 14.3. The van der Waals surface area contributed by atoms with Crippen LogP contribution in [0.3, 0.4) is 0 Å². The fourth-order valence-electron chi connectivity index (χ4n) is 2.14. The maximum atomic E-state index is 12.0. The van der Waals surface area contributed by atoms with Crippen LogP contribution in [0.5, 0.6) is 0 Å². The van der Waals surface area contributed by atoms with E-state index in [1.165, 1.54) is 0 Å². The maximum absolute atomic E-state index is 12.0. The first-order valence-electron chi connectivity index (χ1n) is 7.13. The highest BCUT2D eigenvalue weighted by molar-refractivity contribution is 6.40. The summed E-state index contributed by atoms with van der Waals surface area (Å²) >= 11 is 12.1. The number of nitrogens with zero attached hydrogens (tertiary/aromatic N) is 1. The van der Waals surface area contributed by atoms with Gasteiger partial charge in [-0.3, -0.25) is 4.79 Å². The van der Waals surface area contributed by atoms with Gasteiger partial charge in [0.2, 0.25) is 5.91 Å². The molecule has 0 atom stereocenters. The summed E-state index contributed by atoms with van der Waals surface area (Å²) in [5, 5.41) is 3.45. The van der Waals surface area contributed by atoms with Crippen molar-refractivity contribution in [3.8, 4) is 0 Å². The van der Waals surface area contributed by atoms with Gasteiger partial charge < -0.3 is 16.0 Å². The van der Waals surface area contributed by atoms with Gasteiger partial charge in [-0.25, -0.2) is 0 Å². The Morgan fingerprint density at radius 3 is 2.38 bits per heavy atom. The Morgan fingerprint density at radius 2 is 1.90 bits per heavy atom. The Kier molecular flexibility index (Phi) is 7.29. The second kappa shape index (κ2) is 8.47. The van der Waals surface area contributed by atoms with Crippen LogP contribution in [-0.2, 0) is 4.79 Å². The second-order valence-electron chi connectivity index (χ2n) is 5.23. The van der Waals surface area contributed by atoms with Crippen molar-refractivity contribution in [1.82, 2.24) is 4.90 Å². The average Bonchev–Trinajstić information content (AvgIpc) is 2.38. The highest BCUT2D eigenvalue weighted by Gasteiger charge is 2.12. The predicted molar refractivity (Wildman–Crippen MR) is 91.1 cm³/mol. The molecule has 6 heteroatoms. The number of nitrogen functional groups attached to an aromatic ring is 1. The van der Waals surface area contributed by atoms with Crippen molar-refractivity contribution in [1.29, 1.82) is 0 Å². The summed E-state index contributed by atoms with van der Waals surface area (Å²) in [5.74, 6) is -0.0941. The van der Waals surface area contributed by atoms with E-state index in [1.54, 1.807) is 12.1 Å². The number of amides is 1. The van der Waals surface area contributed by atoms with Crippen LogP contribution in [0.25, 0.3) is 0 Å². The lowest BCUT2D eigenvalue weighted by atomic mass is 10.2. The molecule has 0 spiro atoms. The van der Waals surface area contributed by atoms with Crippen LogP contribution in [0.2, 0.25) is 10.0 Å². The molecule has 0 aliphatic heterocycles. The molecular formula is C15H23Cl2N3O. The summed E-state index contributed by atoms with van der Waals surface area (Å²) in [6, 6.07) is 3.63. The molecule has 21 heavy (non-hydrogen) atoms. The minimum Gasteiger partial charge on any atom is -0.399 e. The lowest BCUT2D eigenvalue weighted by molar-refractivity contribution is -0.116. The van der Waals surface area contributed by atoms with E-state index in [0.29, 0.717) is 33.9 Å². The smallest absolute Gasteiger partial charge is 0.224 e. The molecule has 0 radical (unpaired) electrons. The Balaban J connectivity index is 2.52. The van der Waals surface area contributed by atoms with E-state index in [4.69, 9.17) is 28.9 Å². The van der Waals surface area contributed by atoms with E-state index in [-0.39, 0.29) is 5.91 Å². The molecule has 1 rings (SSSR count). The number of nitrogens with one attached hydrogen (secondary N) is 1. The van der Waals surface area contributed by atoms with Gasteiger partial charge in [0.1, 0.15) is 0 Å². The van der Waals surface area contributed by atoms with E-state index < -0.39 is 0 Å². The zero-order valence-corrected chi connectivity index (χ0v) is 14.3. The fraction of sp³-hybridized carbons (Fsp3) is 0.533. The molecule has 118 valence electrons. The van der Waals surface area contributed by atoms with Crippen molar-refractivity contribution in [3.63, 3.8) is 0 Å². The Bertz CT molecular complexity index is 469. The summed E-state index contributed by atoms with van der Waals surface area (Å²) in [7, 11) is 0. The van der Waals surface area contributed by atoms with Gasteiger partial charge in [-0.15, -0.1) is 0 Å². The standard InChI is InChI=1S/C15H23Cl2N3O/c1-4-20(10(2)3)7-5-6-14(21)19-15-12(16)8-11(18)9-13(15)17/h8-10H,4-7,18H2,1-3H3,(H,19,21). The molecule has 4 nitrogen and oxygen atoms in total. The SMILES string of the molecule is CCN(CCCC(=O)Nc1c(Cl)cc(N)cc1Cl)C(C)C. The Labute approximate surface area is 136 Å². The Morgan fingerprint density at radius 1 is 1.33 bits per heavy atom. The van der Waals surface area contributed by atoms with Crippen molar-refractivity contribution < 1.29 is 4.79 Å². The van der Waals surface area contributed by atoms with Crippen molar-refractivity contribution >= 4 is 40.5 Å². The van der Waals surface area contributed by atoms with Crippen LogP contribution >= 0.6 is 23.2 Å². The molecule has 0 saturated carbocycles. The maximum Gasteiger partial charge on any atom is 0.224 e. The summed E-state index contributed by atoms with van der Waals surface area (Å²) in [6.45, 7) is 8.29. The molecule has 0 bridgehead atoms. The minimum atomic E-state index is -0.0941. The van der Waals surface area contributed by atoms with E-state index in [2.05, 4.69) is 31.0 Å². The van der Waals surface area contributed by atoms with Crippen molar-refractivity contribution in [2.45, 2.75) is 39.7 Å². The van der Waals surface area contributed by atoms with E-state index >= 15 is 0 Å². The molecule has 3 N–H and O–H groups in total. The van der Waals surface area contributed by atoms with Crippen LogP contribution in [0.4, 0.5) is 11.4 Å². The zero-order valence-electron chi connectivity index (χ0n) is 12.7. The first-order valence-corrected chi connectivity index (χ1v) is 7.89. The van der Waals surface area contributed by atoms with E-state index in [1.807, 2.05) is 0 Å². The number of hydrogen-bond acceptors (Lipinski definition) is 3. The third-order valence-electron chi connectivity index (χ3n) is 3.31. The molecule has 0 heterocycles. The van der Waals surface area contributed by atoms with Crippen molar-refractivity contribution in [2.24, 2.45) is 0 Å². The summed E-state index contributed by atoms with van der Waals surface area (Å²) in [5.41, 5.74) is 6.52. The highest BCUT2D eigenvalue weighted by Crippen LogP contribution is 2.32. The third kappa shape index (κ3) is 5.73. The predicted octanol–water partition coefficient (Wildman–Crippen LogP) is 4.02. The minimum absolute atomic E-state index is 0.0941. The molecule has 0 aliphatic rings. The van der Waals surface area contributed by atoms with Crippen LogP contribution < -0.4 is 11.1 Å². The molecule has 0 aromatic heterocycles. The van der Waals surface area contributed by atoms with Crippen molar-refractivity contribution in [3.05, 3.63) is 22.2 Å². The first kappa shape index (κ1) is 18.1. The summed E-state index contributed by atoms with van der Waals surface area (Å²) in [6.07, 6.45) is 1.22. The monoisotopic (exact) mass is 331 g/mol. The first-order chi connectivity index (χ1) is 9.85. The number of benzene rings is 1. The zero-order chi connectivity index (χ0) is 16.0. The normalized spacial score (nSPS) is 11.2. The fourth-order valence-corrected chi connectivity index (χ4v) is 2.74. The number of carbonyl (C=O) groups is 1. The van der Waals surface area contributed by atoms with Gasteiger partial charge in [-0.05, 0) is 45.5 Å². The molecule has 0 saturated heterocycles. The number of halogens is 2. The number of rotatable bonds is 7. The van der Waals surface area contributed by atoms with Gasteiger partial charge in [0.05, 0.1) is 15.7 Å². The number of hydrogen-bond donors (Lipinski definition) is 2. The molecule has 0 unspecified atom stereocenters.